The van der Waals surface area contributed by atoms with Gasteiger partial charge in [0.15, 0.2) is 0 Å². The van der Waals surface area contributed by atoms with Gasteiger partial charge in [-0.05, 0) is 60.7 Å². The largest absolute Gasteiger partial charge is 0.496 e. The number of hydrogen-bond acceptors (Lipinski definition) is 4. The van der Waals surface area contributed by atoms with Crippen molar-refractivity contribution in [2.75, 3.05) is 12.4 Å². The molecule has 3 aromatic carbocycles. The van der Waals surface area contributed by atoms with E-state index < -0.39 is 0 Å². The number of anilines is 1. The topological polar surface area (TPSA) is 80.1 Å². The van der Waals surface area contributed by atoms with Gasteiger partial charge in [0.05, 0.1) is 30.7 Å². The smallest absolute Gasteiger partial charge is 0.255 e. The number of benzene rings is 3. The monoisotopic (exact) mass is 409 g/mol. The van der Waals surface area contributed by atoms with Gasteiger partial charge in [0.25, 0.3) is 5.91 Å². The van der Waals surface area contributed by atoms with Crippen LogP contribution in [0.5, 0.6) is 5.75 Å². The van der Waals surface area contributed by atoms with Gasteiger partial charge < -0.3 is 19.5 Å². The second kappa shape index (κ2) is 7.84. The molecule has 0 unspecified atom stereocenters. The third-order valence-corrected chi connectivity index (χ3v) is 5.10. The molecular formula is C25H19N3O3. The molecule has 2 heterocycles. The predicted octanol–water partition coefficient (Wildman–Crippen LogP) is 5.75. The van der Waals surface area contributed by atoms with Crippen LogP contribution in [-0.4, -0.2) is 23.0 Å². The molecule has 5 rings (SSSR count). The fraction of sp³-hybridized carbons (Fsp3) is 0.0400. The molecule has 0 aliphatic heterocycles. The number of hydrogen-bond donors (Lipinski definition) is 2. The maximum absolute atomic E-state index is 12.8. The lowest BCUT2D eigenvalue weighted by Gasteiger charge is -2.10. The Kier molecular flexibility index (Phi) is 4.72. The Morgan fingerprint density at radius 3 is 2.58 bits per heavy atom. The first-order chi connectivity index (χ1) is 15.2. The molecule has 0 spiro atoms. The molecular weight excluding hydrogens is 390 g/mol. The molecule has 6 heteroatoms. The number of carbonyl (C=O) groups excluding carboxylic acids is 1. The molecule has 0 aliphatic rings. The average Bonchev–Trinajstić information content (AvgIpc) is 3.49. The third-order valence-electron chi connectivity index (χ3n) is 5.10. The van der Waals surface area contributed by atoms with Crippen LogP contribution in [0, 0.1) is 0 Å². The summed E-state index contributed by atoms with van der Waals surface area (Å²) in [6, 6.07) is 22.6. The Morgan fingerprint density at radius 1 is 1.00 bits per heavy atom. The van der Waals surface area contributed by atoms with Crippen LogP contribution >= 0.6 is 0 Å². The summed E-state index contributed by atoms with van der Waals surface area (Å²) in [5, 5.41) is 2.94. The highest BCUT2D eigenvalue weighted by Gasteiger charge is 2.13. The summed E-state index contributed by atoms with van der Waals surface area (Å²) in [6.45, 7) is 0. The van der Waals surface area contributed by atoms with Gasteiger partial charge in [0.1, 0.15) is 11.6 Å². The summed E-state index contributed by atoms with van der Waals surface area (Å²) < 4.78 is 10.6. The van der Waals surface area contributed by atoms with Crippen molar-refractivity contribution in [2.45, 2.75) is 0 Å². The summed E-state index contributed by atoms with van der Waals surface area (Å²) in [5.74, 6) is 1.26. The van der Waals surface area contributed by atoms with Crippen LogP contribution in [0.15, 0.2) is 89.7 Å². The highest BCUT2D eigenvalue weighted by atomic mass is 16.5. The Labute approximate surface area is 178 Å². The van der Waals surface area contributed by atoms with E-state index >= 15 is 0 Å². The van der Waals surface area contributed by atoms with Crippen LogP contribution in [0.1, 0.15) is 10.4 Å². The Morgan fingerprint density at radius 2 is 1.84 bits per heavy atom. The molecule has 0 bridgehead atoms. The highest BCUT2D eigenvalue weighted by molar-refractivity contribution is 6.05. The van der Waals surface area contributed by atoms with Crippen LogP contribution in [-0.2, 0) is 0 Å². The second-order valence-corrected chi connectivity index (χ2v) is 7.06. The SMILES string of the molecule is COc1ccc(C(=O)Nc2ccc(-c3nc4ccccc4[nH]3)cc2)cc1-c1ccoc1. The number of amides is 1. The lowest BCUT2D eigenvalue weighted by molar-refractivity contribution is 0.102. The van der Waals surface area contributed by atoms with Gasteiger partial charge in [-0.2, -0.15) is 0 Å². The predicted molar refractivity (Wildman–Crippen MR) is 120 cm³/mol. The van der Waals surface area contributed by atoms with E-state index in [0.717, 1.165) is 33.5 Å². The van der Waals surface area contributed by atoms with Crippen molar-refractivity contribution in [1.29, 1.82) is 0 Å². The Balaban J connectivity index is 1.36. The minimum absolute atomic E-state index is 0.205. The minimum Gasteiger partial charge on any atom is -0.496 e. The molecule has 0 radical (unpaired) electrons. The van der Waals surface area contributed by atoms with Crippen molar-refractivity contribution in [2.24, 2.45) is 0 Å². The zero-order valence-electron chi connectivity index (χ0n) is 16.8. The number of aromatic amines is 1. The minimum atomic E-state index is -0.205. The zero-order valence-corrected chi connectivity index (χ0v) is 16.8. The molecule has 152 valence electrons. The molecule has 5 aromatic rings. The van der Waals surface area contributed by atoms with Gasteiger partial charge in [0, 0.05) is 27.9 Å². The summed E-state index contributed by atoms with van der Waals surface area (Å²) in [5.41, 5.74) is 5.72. The fourth-order valence-corrected chi connectivity index (χ4v) is 3.50. The van der Waals surface area contributed by atoms with E-state index in [4.69, 9.17) is 9.15 Å². The Hall–Kier alpha value is -4.32. The molecule has 0 fully saturated rings. The van der Waals surface area contributed by atoms with Crippen LogP contribution < -0.4 is 10.1 Å². The lowest BCUT2D eigenvalue weighted by Crippen LogP contribution is -2.12. The number of aromatic nitrogens is 2. The normalized spacial score (nSPS) is 10.9. The average molecular weight is 409 g/mol. The number of carbonyl (C=O) groups is 1. The van der Waals surface area contributed by atoms with Crippen molar-refractivity contribution >= 4 is 22.6 Å². The molecule has 2 aromatic heterocycles. The standard InChI is InChI=1S/C25H19N3O3/c1-30-23-11-8-17(14-20(23)18-12-13-31-15-18)25(29)26-19-9-6-16(7-10-19)24-27-21-4-2-3-5-22(21)28-24/h2-15H,1H3,(H,26,29)(H,27,28). The van der Waals surface area contributed by atoms with E-state index in [1.54, 1.807) is 37.8 Å². The molecule has 0 aliphatic carbocycles. The first-order valence-electron chi connectivity index (χ1n) is 9.78. The summed E-state index contributed by atoms with van der Waals surface area (Å²) >= 11 is 0. The van der Waals surface area contributed by atoms with E-state index in [2.05, 4.69) is 15.3 Å². The second-order valence-electron chi connectivity index (χ2n) is 7.06. The van der Waals surface area contributed by atoms with Gasteiger partial charge in [-0.1, -0.05) is 12.1 Å². The van der Waals surface area contributed by atoms with E-state index in [-0.39, 0.29) is 5.91 Å². The molecule has 6 nitrogen and oxygen atoms in total. The van der Waals surface area contributed by atoms with Crippen LogP contribution in [0.3, 0.4) is 0 Å². The molecule has 0 saturated heterocycles. The first-order valence-corrected chi connectivity index (χ1v) is 9.78. The number of fused-ring (bicyclic) bond motifs is 1. The first kappa shape index (κ1) is 18.7. The number of nitrogens with one attached hydrogen (secondary N) is 2. The van der Waals surface area contributed by atoms with Crippen LogP contribution in [0.2, 0.25) is 0 Å². The summed E-state index contributed by atoms with van der Waals surface area (Å²) in [4.78, 5) is 20.7. The van der Waals surface area contributed by atoms with E-state index in [1.807, 2.05) is 54.6 Å². The highest BCUT2D eigenvalue weighted by Crippen LogP contribution is 2.31. The molecule has 0 saturated carbocycles. The third kappa shape index (κ3) is 3.67. The molecule has 1 amide bonds. The number of para-hydroxylation sites is 2. The number of imidazole rings is 1. The van der Waals surface area contributed by atoms with E-state index in [9.17, 15) is 4.79 Å². The number of furan rings is 1. The fourth-order valence-electron chi connectivity index (χ4n) is 3.50. The number of methoxy groups -OCH3 is 1. The van der Waals surface area contributed by atoms with Gasteiger partial charge >= 0.3 is 0 Å². The van der Waals surface area contributed by atoms with Gasteiger partial charge in [-0.25, -0.2) is 4.98 Å². The van der Waals surface area contributed by atoms with E-state index in [1.165, 1.54) is 0 Å². The molecule has 2 N–H and O–H groups in total. The van der Waals surface area contributed by atoms with Gasteiger partial charge in [-0.15, -0.1) is 0 Å². The van der Waals surface area contributed by atoms with Crippen LogP contribution in [0.25, 0.3) is 33.5 Å². The number of ether oxygens (including phenoxy) is 1. The van der Waals surface area contributed by atoms with E-state index in [0.29, 0.717) is 17.0 Å². The Bertz CT molecular complexity index is 1320. The van der Waals surface area contributed by atoms with Crippen molar-refractivity contribution < 1.29 is 13.9 Å². The maximum Gasteiger partial charge on any atom is 0.255 e. The lowest BCUT2D eigenvalue weighted by atomic mass is 10.0. The maximum atomic E-state index is 12.8. The summed E-state index contributed by atoms with van der Waals surface area (Å²) in [6.07, 6.45) is 3.21. The quantitative estimate of drug-likeness (QED) is 0.387. The van der Waals surface area contributed by atoms with Gasteiger partial charge in [0.2, 0.25) is 0 Å². The van der Waals surface area contributed by atoms with Crippen molar-refractivity contribution in [1.82, 2.24) is 9.97 Å². The number of rotatable bonds is 5. The van der Waals surface area contributed by atoms with Gasteiger partial charge in [-0.3, -0.25) is 4.79 Å². The molecule has 31 heavy (non-hydrogen) atoms. The van der Waals surface area contributed by atoms with Crippen molar-refractivity contribution in [3.63, 3.8) is 0 Å². The van der Waals surface area contributed by atoms with Crippen molar-refractivity contribution in [3.05, 3.63) is 90.9 Å². The molecule has 0 atom stereocenters. The zero-order chi connectivity index (χ0) is 21.2. The number of H-pyrrole nitrogens is 1. The van der Waals surface area contributed by atoms with Crippen molar-refractivity contribution in [3.8, 4) is 28.3 Å². The van der Waals surface area contributed by atoms with Crippen LogP contribution in [0.4, 0.5) is 5.69 Å². The summed E-state index contributed by atoms with van der Waals surface area (Å²) in [7, 11) is 1.60. The number of nitrogens with zero attached hydrogens (tertiary/aromatic N) is 1.